The molecule has 0 radical (unpaired) electrons. The Labute approximate surface area is 241 Å². The predicted octanol–water partition coefficient (Wildman–Crippen LogP) is 4.06. The van der Waals surface area contributed by atoms with Gasteiger partial charge in [0.1, 0.15) is 25.4 Å². The molecule has 3 amide bonds. The Morgan fingerprint density at radius 3 is 2.34 bits per heavy atom. The van der Waals surface area contributed by atoms with Crippen LogP contribution in [0.5, 0.6) is 11.5 Å². The minimum atomic E-state index is -0.599. The number of carbonyl (C=O) groups is 3. The topological polar surface area (TPSA) is 91.9 Å². The first-order valence-corrected chi connectivity index (χ1v) is 14.4. The summed E-state index contributed by atoms with van der Waals surface area (Å²) in [6.45, 7) is 11.5. The highest BCUT2D eigenvalue weighted by Crippen LogP contribution is 2.34. The standard InChI is InChI=1S/C31H40N4O6/c1-22(36)34-21-29(37)33(25-7-5-6-8-26(25)34)16-15-32-13-11-24(12-14-32)35(30(38)41-31(2,3)4)20-23-9-10-27-28(19-23)40-18-17-39-27/h5-10,19,24H,11-18,20-21H2,1-4H3. The van der Waals surface area contributed by atoms with Crippen LogP contribution < -0.4 is 19.3 Å². The fourth-order valence-electron chi connectivity index (χ4n) is 5.63. The van der Waals surface area contributed by atoms with Gasteiger partial charge in [-0.25, -0.2) is 4.79 Å². The highest BCUT2D eigenvalue weighted by Gasteiger charge is 2.34. The third-order valence-corrected chi connectivity index (χ3v) is 7.66. The van der Waals surface area contributed by atoms with Crippen molar-refractivity contribution < 1.29 is 28.6 Å². The Hall–Kier alpha value is -3.79. The largest absolute Gasteiger partial charge is 0.486 e. The van der Waals surface area contributed by atoms with Gasteiger partial charge in [0.2, 0.25) is 11.8 Å². The molecule has 0 bridgehead atoms. The van der Waals surface area contributed by atoms with Crippen LogP contribution in [0.1, 0.15) is 46.1 Å². The van der Waals surface area contributed by atoms with E-state index in [2.05, 4.69) is 4.90 Å². The number of anilines is 2. The van der Waals surface area contributed by atoms with Gasteiger partial charge in [0.05, 0.1) is 11.4 Å². The number of hydrogen-bond acceptors (Lipinski definition) is 7. The minimum absolute atomic E-state index is 0.0239. The molecule has 2 aromatic carbocycles. The molecular weight excluding hydrogens is 524 g/mol. The van der Waals surface area contributed by atoms with Crippen LogP contribution in [0.25, 0.3) is 0 Å². The highest BCUT2D eigenvalue weighted by atomic mass is 16.6. The van der Waals surface area contributed by atoms with Crippen LogP contribution in [-0.2, 0) is 20.9 Å². The summed E-state index contributed by atoms with van der Waals surface area (Å²) in [4.78, 5) is 45.9. The number of carbonyl (C=O) groups excluding carboxylic acids is 3. The lowest BCUT2D eigenvalue weighted by Crippen LogP contribution is -2.52. The molecule has 0 spiro atoms. The van der Waals surface area contributed by atoms with E-state index < -0.39 is 5.60 Å². The maximum atomic E-state index is 13.4. The van der Waals surface area contributed by atoms with Crippen LogP contribution in [-0.4, -0.2) is 85.3 Å². The molecule has 3 heterocycles. The predicted molar refractivity (Wildman–Crippen MR) is 155 cm³/mol. The first-order chi connectivity index (χ1) is 19.6. The summed E-state index contributed by atoms with van der Waals surface area (Å²) in [5.41, 5.74) is 1.90. The third kappa shape index (κ3) is 6.75. The van der Waals surface area contributed by atoms with Crippen molar-refractivity contribution in [1.82, 2.24) is 9.80 Å². The number of nitrogens with zero attached hydrogens (tertiary/aromatic N) is 4. The van der Waals surface area contributed by atoms with Crippen molar-refractivity contribution in [3.8, 4) is 11.5 Å². The van der Waals surface area contributed by atoms with Crippen molar-refractivity contribution in [3.63, 3.8) is 0 Å². The number of rotatable bonds is 6. The van der Waals surface area contributed by atoms with E-state index in [4.69, 9.17) is 14.2 Å². The van der Waals surface area contributed by atoms with Crippen molar-refractivity contribution >= 4 is 29.3 Å². The van der Waals surface area contributed by atoms with E-state index in [0.29, 0.717) is 38.6 Å². The lowest BCUT2D eigenvalue weighted by atomic mass is 10.0. The number of ether oxygens (including phenoxy) is 3. The molecule has 0 N–H and O–H groups in total. The molecule has 0 unspecified atom stereocenters. The smallest absolute Gasteiger partial charge is 0.410 e. The number of para-hydroxylation sites is 2. The molecule has 10 heteroatoms. The van der Waals surface area contributed by atoms with Crippen LogP contribution in [0.15, 0.2) is 42.5 Å². The molecule has 1 saturated heterocycles. The highest BCUT2D eigenvalue weighted by molar-refractivity contribution is 6.10. The maximum absolute atomic E-state index is 13.4. The van der Waals surface area contributed by atoms with Crippen molar-refractivity contribution in [3.05, 3.63) is 48.0 Å². The van der Waals surface area contributed by atoms with E-state index in [1.807, 2.05) is 68.1 Å². The van der Waals surface area contributed by atoms with Gasteiger partial charge in [-0.3, -0.25) is 9.59 Å². The fraction of sp³-hybridized carbons (Fsp3) is 0.516. The third-order valence-electron chi connectivity index (χ3n) is 7.66. The van der Waals surface area contributed by atoms with Gasteiger partial charge in [0.25, 0.3) is 0 Å². The molecule has 10 nitrogen and oxygen atoms in total. The minimum Gasteiger partial charge on any atom is -0.486 e. The van der Waals surface area contributed by atoms with Crippen molar-refractivity contribution in [2.75, 3.05) is 55.7 Å². The van der Waals surface area contributed by atoms with Gasteiger partial charge >= 0.3 is 6.09 Å². The molecule has 2 aromatic rings. The number of amides is 3. The molecule has 0 atom stereocenters. The summed E-state index contributed by atoms with van der Waals surface area (Å²) in [6, 6.07) is 13.4. The number of likely N-dealkylation sites (tertiary alicyclic amines) is 1. The van der Waals surface area contributed by atoms with Gasteiger partial charge in [-0.05, 0) is 63.4 Å². The van der Waals surface area contributed by atoms with Crippen LogP contribution >= 0.6 is 0 Å². The van der Waals surface area contributed by atoms with Crippen molar-refractivity contribution in [1.29, 1.82) is 0 Å². The van der Waals surface area contributed by atoms with E-state index in [-0.39, 0.29) is 30.5 Å². The Bertz CT molecular complexity index is 1280. The van der Waals surface area contributed by atoms with Gasteiger partial charge in [0.15, 0.2) is 11.5 Å². The quantitative estimate of drug-likeness (QED) is 0.523. The molecule has 220 valence electrons. The summed E-state index contributed by atoms with van der Waals surface area (Å²) in [7, 11) is 0. The summed E-state index contributed by atoms with van der Waals surface area (Å²) in [5, 5.41) is 0. The van der Waals surface area contributed by atoms with E-state index in [1.165, 1.54) is 11.8 Å². The molecular formula is C31H40N4O6. The maximum Gasteiger partial charge on any atom is 0.410 e. The van der Waals surface area contributed by atoms with Gasteiger partial charge in [-0.15, -0.1) is 0 Å². The second-order valence-electron chi connectivity index (χ2n) is 11.8. The van der Waals surface area contributed by atoms with E-state index in [0.717, 1.165) is 48.6 Å². The van der Waals surface area contributed by atoms with Gasteiger partial charge in [-0.1, -0.05) is 18.2 Å². The van der Waals surface area contributed by atoms with E-state index in [9.17, 15) is 14.4 Å². The summed E-state index contributed by atoms with van der Waals surface area (Å²) in [5.74, 6) is 1.21. The number of fused-ring (bicyclic) bond motifs is 2. The zero-order valence-corrected chi connectivity index (χ0v) is 24.4. The average molecular weight is 565 g/mol. The number of hydrogen-bond donors (Lipinski definition) is 0. The molecule has 0 saturated carbocycles. The molecule has 0 aromatic heterocycles. The number of piperidine rings is 1. The fourth-order valence-corrected chi connectivity index (χ4v) is 5.63. The summed E-state index contributed by atoms with van der Waals surface area (Å²) >= 11 is 0. The molecule has 41 heavy (non-hydrogen) atoms. The molecule has 1 fully saturated rings. The first kappa shape index (κ1) is 28.7. The molecule has 0 aliphatic carbocycles. The molecule has 3 aliphatic rings. The summed E-state index contributed by atoms with van der Waals surface area (Å²) < 4.78 is 17.2. The Morgan fingerprint density at radius 2 is 1.66 bits per heavy atom. The normalized spacial score (nSPS) is 17.7. The SMILES string of the molecule is CC(=O)N1CC(=O)N(CCN2CCC(N(Cc3ccc4c(c3)OCCO4)C(=O)OC(C)(C)C)CC2)c2ccccc21. The van der Waals surface area contributed by atoms with Crippen LogP contribution in [0.2, 0.25) is 0 Å². The van der Waals surface area contributed by atoms with Gasteiger partial charge in [-0.2, -0.15) is 0 Å². The first-order valence-electron chi connectivity index (χ1n) is 14.4. The lowest BCUT2D eigenvalue weighted by Gasteiger charge is -2.40. The zero-order chi connectivity index (χ0) is 29.1. The second kappa shape index (κ2) is 12.0. The Kier molecular flexibility index (Phi) is 8.40. The second-order valence-corrected chi connectivity index (χ2v) is 11.8. The van der Waals surface area contributed by atoms with E-state index in [1.54, 1.807) is 4.90 Å². The molecule has 5 rings (SSSR count). The summed E-state index contributed by atoms with van der Waals surface area (Å²) in [6.07, 6.45) is 1.27. The number of benzene rings is 2. The average Bonchev–Trinajstić information content (AvgIpc) is 2.94. The van der Waals surface area contributed by atoms with Crippen molar-refractivity contribution in [2.24, 2.45) is 0 Å². The van der Waals surface area contributed by atoms with Crippen LogP contribution in [0, 0.1) is 0 Å². The Morgan fingerprint density at radius 1 is 0.976 bits per heavy atom. The van der Waals surface area contributed by atoms with E-state index >= 15 is 0 Å². The zero-order valence-electron chi connectivity index (χ0n) is 24.4. The monoisotopic (exact) mass is 564 g/mol. The van der Waals surface area contributed by atoms with Crippen molar-refractivity contribution in [2.45, 2.75) is 58.7 Å². The van der Waals surface area contributed by atoms with Gasteiger partial charge < -0.3 is 33.8 Å². The van der Waals surface area contributed by atoms with Crippen LogP contribution in [0.3, 0.4) is 0 Å². The lowest BCUT2D eigenvalue weighted by molar-refractivity contribution is -0.121. The van der Waals surface area contributed by atoms with Gasteiger partial charge in [0, 0.05) is 45.7 Å². The Balaban J connectivity index is 1.23. The van der Waals surface area contributed by atoms with Crippen LogP contribution in [0.4, 0.5) is 16.2 Å². The molecule has 3 aliphatic heterocycles.